The Hall–Kier alpha value is -2.04. The molecular weight excluding hydrogens is 322 g/mol. The SMILES string of the molecule is Cl.O=C1CN(Cc2cccc3c2NCC3)CCN1c1ccccc1. The summed E-state index contributed by atoms with van der Waals surface area (Å²) in [4.78, 5) is 16.6. The van der Waals surface area contributed by atoms with Crippen LogP contribution in [0.4, 0.5) is 11.4 Å². The number of hydrogen-bond acceptors (Lipinski definition) is 3. The minimum Gasteiger partial charge on any atom is -0.384 e. The molecule has 1 N–H and O–H groups in total. The van der Waals surface area contributed by atoms with Crippen molar-refractivity contribution in [3.63, 3.8) is 0 Å². The van der Waals surface area contributed by atoms with E-state index in [-0.39, 0.29) is 18.3 Å². The Balaban J connectivity index is 0.00000169. The van der Waals surface area contributed by atoms with E-state index in [1.54, 1.807) is 0 Å². The first-order valence-electron chi connectivity index (χ1n) is 8.24. The van der Waals surface area contributed by atoms with Crippen molar-refractivity contribution in [1.29, 1.82) is 0 Å². The van der Waals surface area contributed by atoms with Crippen LogP contribution in [-0.4, -0.2) is 37.0 Å². The van der Waals surface area contributed by atoms with Crippen molar-refractivity contribution < 1.29 is 4.79 Å². The maximum atomic E-state index is 12.5. The smallest absolute Gasteiger partial charge is 0.241 e. The zero-order chi connectivity index (χ0) is 15.6. The second kappa shape index (κ2) is 7.24. The van der Waals surface area contributed by atoms with Gasteiger partial charge in [0.15, 0.2) is 0 Å². The number of fused-ring (bicyclic) bond motifs is 1. The van der Waals surface area contributed by atoms with Gasteiger partial charge in [0.05, 0.1) is 6.54 Å². The molecule has 0 aliphatic carbocycles. The molecule has 0 atom stereocenters. The molecule has 0 radical (unpaired) electrons. The van der Waals surface area contributed by atoms with Gasteiger partial charge in [0.25, 0.3) is 0 Å². The predicted octanol–water partition coefficient (Wildman–Crippen LogP) is 2.93. The Morgan fingerprint density at radius 2 is 1.83 bits per heavy atom. The molecule has 2 aromatic rings. The van der Waals surface area contributed by atoms with Crippen LogP contribution in [0.25, 0.3) is 0 Å². The van der Waals surface area contributed by atoms with Crippen LogP contribution in [0.5, 0.6) is 0 Å². The zero-order valence-corrected chi connectivity index (χ0v) is 14.4. The highest BCUT2D eigenvalue weighted by atomic mass is 35.5. The van der Waals surface area contributed by atoms with E-state index >= 15 is 0 Å². The summed E-state index contributed by atoms with van der Waals surface area (Å²) < 4.78 is 0. The van der Waals surface area contributed by atoms with Crippen LogP contribution in [-0.2, 0) is 17.8 Å². The van der Waals surface area contributed by atoms with E-state index < -0.39 is 0 Å². The average molecular weight is 344 g/mol. The van der Waals surface area contributed by atoms with Gasteiger partial charge in [0.2, 0.25) is 5.91 Å². The first-order chi connectivity index (χ1) is 11.3. The summed E-state index contributed by atoms with van der Waals surface area (Å²) >= 11 is 0. The molecule has 0 saturated carbocycles. The van der Waals surface area contributed by atoms with E-state index in [9.17, 15) is 4.79 Å². The summed E-state index contributed by atoms with van der Waals surface area (Å²) in [5, 5.41) is 3.48. The third kappa shape index (κ3) is 3.25. The lowest BCUT2D eigenvalue weighted by atomic mass is 10.1. The Morgan fingerprint density at radius 3 is 2.62 bits per heavy atom. The minimum atomic E-state index is 0. The number of benzene rings is 2. The lowest BCUT2D eigenvalue weighted by Gasteiger charge is -2.34. The number of para-hydroxylation sites is 2. The standard InChI is InChI=1S/C19H21N3O.ClH/c23-18-14-21(11-12-22(18)17-7-2-1-3-8-17)13-16-6-4-5-15-9-10-20-19(15)16;/h1-8,20H,9-14H2;1H. The third-order valence-electron chi connectivity index (χ3n) is 4.69. The lowest BCUT2D eigenvalue weighted by Crippen LogP contribution is -2.50. The van der Waals surface area contributed by atoms with Crippen LogP contribution in [0.2, 0.25) is 0 Å². The van der Waals surface area contributed by atoms with Crippen molar-refractivity contribution in [3.8, 4) is 0 Å². The van der Waals surface area contributed by atoms with E-state index in [1.807, 2.05) is 35.2 Å². The first-order valence-corrected chi connectivity index (χ1v) is 8.24. The molecule has 4 rings (SSSR count). The summed E-state index contributed by atoms with van der Waals surface area (Å²) in [5.74, 6) is 0.183. The van der Waals surface area contributed by atoms with Gasteiger partial charge in [-0.2, -0.15) is 0 Å². The Morgan fingerprint density at radius 1 is 1.00 bits per heavy atom. The molecule has 0 bridgehead atoms. The van der Waals surface area contributed by atoms with E-state index in [0.717, 1.165) is 38.3 Å². The van der Waals surface area contributed by atoms with Crippen molar-refractivity contribution in [3.05, 3.63) is 59.7 Å². The number of anilines is 2. The molecule has 2 heterocycles. The van der Waals surface area contributed by atoms with Crippen molar-refractivity contribution in [2.45, 2.75) is 13.0 Å². The maximum absolute atomic E-state index is 12.5. The largest absolute Gasteiger partial charge is 0.384 e. The third-order valence-corrected chi connectivity index (χ3v) is 4.69. The van der Waals surface area contributed by atoms with E-state index in [1.165, 1.54) is 16.8 Å². The van der Waals surface area contributed by atoms with Crippen molar-refractivity contribution >= 4 is 29.7 Å². The van der Waals surface area contributed by atoms with Crippen LogP contribution in [0.15, 0.2) is 48.5 Å². The summed E-state index contributed by atoms with van der Waals surface area (Å²) in [7, 11) is 0. The van der Waals surface area contributed by atoms with E-state index in [2.05, 4.69) is 28.4 Å². The number of rotatable bonds is 3. The predicted molar refractivity (Wildman–Crippen MR) is 100.0 cm³/mol. The highest BCUT2D eigenvalue weighted by Crippen LogP contribution is 2.28. The first kappa shape index (κ1) is 16.8. The molecule has 2 aliphatic heterocycles. The molecule has 5 heteroatoms. The van der Waals surface area contributed by atoms with Gasteiger partial charge in [-0.05, 0) is 29.7 Å². The fourth-order valence-electron chi connectivity index (χ4n) is 3.52. The summed E-state index contributed by atoms with van der Waals surface area (Å²) in [6.07, 6.45) is 1.10. The van der Waals surface area contributed by atoms with Crippen LogP contribution >= 0.6 is 12.4 Å². The second-order valence-electron chi connectivity index (χ2n) is 6.22. The Kier molecular flexibility index (Phi) is 5.07. The number of nitrogens with zero attached hydrogens (tertiary/aromatic N) is 2. The van der Waals surface area contributed by atoms with Gasteiger partial charge >= 0.3 is 0 Å². The average Bonchev–Trinajstić information content (AvgIpc) is 3.06. The van der Waals surface area contributed by atoms with Gasteiger partial charge in [-0.1, -0.05) is 36.4 Å². The van der Waals surface area contributed by atoms with Crippen LogP contribution in [0.1, 0.15) is 11.1 Å². The van der Waals surface area contributed by atoms with Gasteiger partial charge in [-0.25, -0.2) is 0 Å². The molecular formula is C19H22ClN3O. The number of carbonyl (C=O) groups is 1. The van der Waals surface area contributed by atoms with Crippen LogP contribution in [0, 0.1) is 0 Å². The molecule has 0 unspecified atom stereocenters. The highest BCUT2D eigenvalue weighted by Gasteiger charge is 2.26. The molecule has 0 aromatic heterocycles. The normalized spacial score (nSPS) is 17.2. The van der Waals surface area contributed by atoms with E-state index in [0.29, 0.717) is 6.54 Å². The summed E-state index contributed by atoms with van der Waals surface area (Å²) in [5.41, 5.74) is 4.99. The molecule has 2 aromatic carbocycles. The van der Waals surface area contributed by atoms with Crippen LogP contribution in [0.3, 0.4) is 0 Å². The Labute approximate surface area is 148 Å². The minimum absolute atomic E-state index is 0. The van der Waals surface area contributed by atoms with Crippen molar-refractivity contribution in [2.24, 2.45) is 0 Å². The van der Waals surface area contributed by atoms with Gasteiger partial charge < -0.3 is 10.2 Å². The number of halogens is 1. The zero-order valence-electron chi connectivity index (χ0n) is 13.6. The summed E-state index contributed by atoms with van der Waals surface area (Å²) in [6, 6.07) is 16.4. The molecule has 1 fully saturated rings. The number of nitrogens with one attached hydrogen (secondary N) is 1. The van der Waals surface area contributed by atoms with Crippen molar-refractivity contribution in [2.75, 3.05) is 36.4 Å². The molecule has 126 valence electrons. The topological polar surface area (TPSA) is 35.6 Å². The molecule has 1 saturated heterocycles. The monoisotopic (exact) mass is 343 g/mol. The maximum Gasteiger partial charge on any atom is 0.241 e. The summed E-state index contributed by atoms with van der Waals surface area (Å²) in [6.45, 7) is 4.01. The number of amides is 1. The lowest BCUT2D eigenvalue weighted by molar-refractivity contribution is -0.121. The fourth-order valence-corrected chi connectivity index (χ4v) is 3.52. The second-order valence-corrected chi connectivity index (χ2v) is 6.22. The number of carbonyl (C=O) groups excluding carboxylic acids is 1. The molecule has 2 aliphatic rings. The molecule has 0 spiro atoms. The number of hydrogen-bond donors (Lipinski definition) is 1. The van der Waals surface area contributed by atoms with Gasteiger partial charge in [0.1, 0.15) is 0 Å². The molecule has 24 heavy (non-hydrogen) atoms. The highest BCUT2D eigenvalue weighted by molar-refractivity contribution is 5.95. The Bertz CT molecular complexity index is 720. The number of piperazine rings is 1. The van der Waals surface area contributed by atoms with Crippen molar-refractivity contribution in [1.82, 2.24) is 4.90 Å². The quantitative estimate of drug-likeness (QED) is 0.930. The van der Waals surface area contributed by atoms with Crippen LogP contribution < -0.4 is 10.2 Å². The fraction of sp³-hybridized carbons (Fsp3) is 0.316. The van der Waals surface area contributed by atoms with Gasteiger partial charge in [-0.15, -0.1) is 12.4 Å². The van der Waals surface area contributed by atoms with E-state index in [4.69, 9.17) is 0 Å². The van der Waals surface area contributed by atoms with Gasteiger partial charge in [0, 0.05) is 37.6 Å². The van der Waals surface area contributed by atoms with Gasteiger partial charge in [-0.3, -0.25) is 9.69 Å². The molecule has 4 nitrogen and oxygen atoms in total. The molecule has 1 amide bonds.